The molecule has 22 heavy (non-hydrogen) atoms. The van der Waals surface area contributed by atoms with Gasteiger partial charge in [0.25, 0.3) is 0 Å². The SMILES string of the molecule is CCOC(=O)c1ccc(C)c(S(=O)(=O)N2CC[C@@H](N)C2)c1.Cl. The minimum absolute atomic E-state index is 0. The molecule has 8 heteroatoms. The van der Waals surface area contributed by atoms with E-state index in [4.69, 9.17) is 10.5 Å². The quantitative estimate of drug-likeness (QED) is 0.829. The molecule has 1 aliphatic heterocycles. The molecule has 1 fully saturated rings. The van der Waals surface area contributed by atoms with Crippen molar-refractivity contribution in [1.29, 1.82) is 0 Å². The van der Waals surface area contributed by atoms with E-state index in [9.17, 15) is 13.2 Å². The fourth-order valence-corrected chi connectivity index (χ4v) is 4.09. The van der Waals surface area contributed by atoms with E-state index in [0.717, 1.165) is 0 Å². The van der Waals surface area contributed by atoms with E-state index >= 15 is 0 Å². The van der Waals surface area contributed by atoms with Crippen molar-refractivity contribution in [1.82, 2.24) is 4.31 Å². The number of esters is 1. The number of aryl methyl sites for hydroxylation is 1. The van der Waals surface area contributed by atoms with Gasteiger partial charge in [0, 0.05) is 19.1 Å². The summed E-state index contributed by atoms with van der Waals surface area (Å²) in [6.45, 7) is 4.38. The molecule has 0 bridgehead atoms. The predicted molar refractivity (Wildman–Crippen MR) is 85.7 cm³/mol. The summed E-state index contributed by atoms with van der Waals surface area (Å²) in [5.41, 5.74) is 6.62. The van der Waals surface area contributed by atoms with E-state index in [1.165, 1.54) is 10.4 Å². The maximum atomic E-state index is 12.7. The van der Waals surface area contributed by atoms with Crippen LogP contribution in [0.5, 0.6) is 0 Å². The summed E-state index contributed by atoms with van der Waals surface area (Å²) in [5.74, 6) is -0.521. The molecule has 0 amide bonds. The van der Waals surface area contributed by atoms with Gasteiger partial charge in [-0.15, -0.1) is 12.4 Å². The van der Waals surface area contributed by atoms with E-state index in [1.54, 1.807) is 26.0 Å². The average Bonchev–Trinajstić information content (AvgIpc) is 2.86. The third-order valence-electron chi connectivity index (χ3n) is 3.50. The highest BCUT2D eigenvalue weighted by Gasteiger charge is 2.32. The van der Waals surface area contributed by atoms with Crippen LogP contribution >= 0.6 is 12.4 Å². The molecule has 1 aliphatic rings. The van der Waals surface area contributed by atoms with Crippen molar-refractivity contribution < 1.29 is 17.9 Å². The molecule has 1 atom stereocenters. The second-order valence-electron chi connectivity index (χ2n) is 5.11. The lowest BCUT2D eigenvalue weighted by molar-refractivity contribution is 0.0526. The fraction of sp³-hybridized carbons (Fsp3) is 0.500. The number of nitrogens with two attached hydrogens (primary N) is 1. The molecule has 0 saturated carbocycles. The molecule has 6 nitrogen and oxygen atoms in total. The highest BCUT2D eigenvalue weighted by atomic mass is 35.5. The normalized spacial score (nSPS) is 18.8. The highest BCUT2D eigenvalue weighted by Crippen LogP contribution is 2.24. The fourth-order valence-electron chi connectivity index (χ4n) is 2.33. The van der Waals surface area contributed by atoms with Gasteiger partial charge in [-0.1, -0.05) is 6.07 Å². The van der Waals surface area contributed by atoms with Crippen LogP contribution < -0.4 is 5.73 Å². The van der Waals surface area contributed by atoms with E-state index in [0.29, 0.717) is 25.1 Å². The summed E-state index contributed by atoms with van der Waals surface area (Å²) >= 11 is 0. The lowest BCUT2D eigenvalue weighted by Crippen LogP contribution is -2.32. The third-order valence-corrected chi connectivity index (χ3v) is 5.51. The molecule has 0 spiro atoms. The van der Waals surface area contributed by atoms with Crippen LogP contribution in [0.15, 0.2) is 23.1 Å². The Morgan fingerprint density at radius 2 is 2.14 bits per heavy atom. The van der Waals surface area contributed by atoms with Crippen LogP contribution in [-0.2, 0) is 14.8 Å². The van der Waals surface area contributed by atoms with Crippen LogP contribution in [0.25, 0.3) is 0 Å². The number of sulfonamides is 1. The Balaban J connectivity index is 0.00000242. The average molecular weight is 349 g/mol. The monoisotopic (exact) mass is 348 g/mol. The van der Waals surface area contributed by atoms with Crippen molar-refractivity contribution >= 4 is 28.4 Å². The van der Waals surface area contributed by atoms with E-state index in [-0.39, 0.29) is 35.5 Å². The van der Waals surface area contributed by atoms with E-state index < -0.39 is 16.0 Å². The molecule has 0 aromatic heterocycles. The largest absolute Gasteiger partial charge is 0.462 e. The number of carbonyl (C=O) groups is 1. The number of hydrogen-bond acceptors (Lipinski definition) is 5. The Kier molecular flexibility index (Phi) is 6.37. The standard InChI is InChI=1S/C14H20N2O4S.ClH/c1-3-20-14(17)11-5-4-10(2)13(8-11)21(18,19)16-7-6-12(15)9-16;/h4-5,8,12H,3,6-7,9,15H2,1-2H3;1H/t12-;/m1./s1. The van der Waals surface area contributed by atoms with Crippen molar-refractivity contribution in [2.75, 3.05) is 19.7 Å². The van der Waals surface area contributed by atoms with Crippen LogP contribution in [0.2, 0.25) is 0 Å². The number of ether oxygens (including phenoxy) is 1. The molecule has 0 aliphatic carbocycles. The smallest absolute Gasteiger partial charge is 0.338 e. The van der Waals surface area contributed by atoms with Crippen molar-refractivity contribution in [2.24, 2.45) is 5.73 Å². The second-order valence-corrected chi connectivity index (χ2v) is 7.02. The predicted octanol–water partition coefficient (Wildman–Crippen LogP) is 1.32. The summed E-state index contributed by atoms with van der Waals surface area (Å²) in [6.07, 6.45) is 0.649. The van der Waals surface area contributed by atoms with Crippen molar-refractivity contribution in [2.45, 2.75) is 31.2 Å². The zero-order valence-electron chi connectivity index (χ0n) is 12.6. The van der Waals surface area contributed by atoms with Gasteiger partial charge in [0.15, 0.2) is 0 Å². The Hall–Kier alpha value is -1.15. The highest BCUT2D eigenvalue weighted by molar-refractivity contribution is 7.89. The van der Waals surface area contributed by atoms with Gasteiger partial charge in [-0.2, -0.15) is 4.31 Å². The molecule has 1 aromatic carbocycles. The van der Waals surface area contributed by atoms with Gasteiger partial charge in [-0.25, -0.2) is 13.2 Å². The molecule has 2 N–H and O–H groups in total. The lowest BCUT2D eigenvalue weighted by atomic mass is 10.1. The van der Waals surface area contributed by atoms with Crippen LogP contribution in [0.3, 0.4) is 0 Å². The minimum Gasteiger partial charge on any atom is -0.462 e. The number of carbonyl (C=O) groups excluding carboxylic acids is 1. The zero-order chi connectivity index (χ0) is 15.6. The van der Waals surface area contributed by atoms with Gasteiger partial charge in [-0.3, -0.25) is 0 Å². The van der Waals surface area contributed by atoms with Gasteiger partial charge >= 0.3 is 5.97 Å². The number of halogens is 1. The molecular formula is C14H21ClN2O4S. The number of benzene rings is 1. The summed E-state index contributed by atoms with van der Waals surface area (Å²) in [4.78, 5) is 11.9. The summed E-state index contributed by atoms with van der Waals surface area (Å²) in [6, 6.07) is 4.44. The molecule has 1 saturated heterocycles. The van der Waals surface area contributed by atoms with Gasteiger partial charge in [-0.05, 0) is 38.0 Å². The Morgan fingerprint density at radius 3 is 2.68 bits per heavy atom. The third kappa shape index (κ3) is 3.78. The van der Waals surface area contributed by atoms with Crippen LogP contribution in [0.1, 0.15) is 29.3 Å². The van der Waals surface area contributed by atoms with Gasteiger partial charge in [0.1, 0.15) is 0 Å². The first-order valence-electron chi connectivity index (χ1n) is 6.89. The summed E-state index contributed by atoms with van der Waals surface area (Å²) < 4.78 is 31.6. The van der Waals surface area contributed by atoms with Gasteiger partial charge < -0.3 is 10.5 Å². The summed E-state index contributed by atoms with van der Waals surface area (Å²) in [7, 11) is -3.63. The maximum absolute atomic E-state index is 12.7. The maximum Gasteiger partial charge on any atom is 0.338 e. The minimum atomic E-state index is -3.63. The van der Waals surface area contributed by atoms with E-state index in [1.807, 2.05) is 0 Å². The van der Waals surface area contributed by atoms with Gasteiger partial charge in [0.05, 0.1) is 17.1 Å². The molecule has 0 radical (unpaired) electrons. The van der Waals surface area contributed by atoms with Crippen molar-refractivity contribution in [3.8, 4) is 0 Å². The van der Waals surface area contributed by atoms with E-state index in [2.05, 4.69) is 0 Å². The number of rotatable bonds is 4. The van der Waals surface area contributed by atoms with Crippen LogP contribution in [-0.4, -0.2) is 44.4 Å². The zero-order valence-corrected chi connectivity index (χ0v) is 14.2. The molecule has 1 aromatic rings. The molecular weight excluding hydrogens is 328 g/mol. The first kappa shape index (κ1) is 18.9. The molecule has 1 heterocycles. The second kappa shape index (κ2) is 7.41. The lowest BCUT2D eigenvalue weighted by Gasteiger charge is -2.18. The number of hydrogen-bond donors (Lipinski definition) is 1. The Morgan fingerprint density at radius 1 is 1.45 bits per heavy atom. The molecule has 0 unspecified atom stereocenters. The molecule has 2 rings (SSSR count). The van der Waals surface area contributed by atoms with Crippen LogP contribution in [0, 0.1) is 6.92 Å². The first-order chi connectivity index (χ1) is 9.86. The van der Waals surface area contributed by atoms with Crippen molar-refractivity contribution in [3.63, 3.8) is 0 Å². The molecule has 124 valence electrons. The Bertz CT molecular complexity index is 648. The topological polar surface area (TPSA) is 89.7 Å². The van der Waals surface area contributed by atoms with Gasteiger partial charge in [0.2, 0.25) is 10.0 Å². The first-order valence-corrected chi connectivity index (χ1v) is 8.33. The summed E-state index contributed by atoms with van der Waals surface area (Å²) in [5, 5.41) is 0. The number of nitrogens with zero attached hydrogens (tertiary/aromatic N) is 1. The van der Waals surface area contributed by atoms with Crippen LogP contribution in [0.4, 0.5) is 0 Å². The van der Waals surface area contributed by atoms with Crippen molar-refractivity contribution in [3.05, 3.63) is 29.3 Å². The Labute approximate surface area is 137 Å².